The Hall–Kier alpha value is -3.70. The van der Waals surface area contributed by atoms with Crippen LogP contribution < -0.4 is 0 Å². The van der Waals surface area contributed by atoms with Gasteiger partial charge in [-0.3, -0.25) is 4.90 Å². The fourth-order valence-corrected chi connectivity index (χ4v) is 12.8. The van der Waals surface area contributed by atoms with Crippen molar-refractivity contribution in [3.8, 4) is 11.5 Å². The van der Waals surface area contributed by atoms with Crippen LogP contribution in [0.2, 0.25) is 26.2 Å². The molecule has 6 nitrogen and oxygen atoms in total. The molecule has 1 heterocycles. The minimum absolute atomic E-state index is 0. The summed E-state index contributed by atoms with van der Waals surface area (Å²) in [7, 11) is 1.19. The van der Waals surface area contributed by atoms with Crippen LogP contribution in [0.4, 0.5) is 0 Å². The van der Waals surface area contributed by atoms with Crippen LogP contribution in [0.5, 0.6) is 11.5 Å². The molecule has 1 aliphatic heterocycles. The van der Waals surface area contributed by atoms with E-state index in [1.54, 1.807) is 7.11 Å². The second-order valence-electron chi connectivity index (χ2n) is 21.1. The number of benzene rings is 6. The van der Waals surface area contributed by atoms with Crippen LogP contribution in [0.3, 0.4) is 0 Å². The van der Waals surface area contributed by atoms with Crippen LogP contribution in [-0.4, -0.2) is 66.5 Å². The van der Waals surface area contributed by atoms with Crippen LogP contribution in [0, 0.1) is 0 Å². The Bertz CT molecular complexity index is 2300. The first kappa shape index (κ1) is 58.9. The molecule has 1 fully saturated rings. The standard InChI is InChI=1S/C53H61NO3.C4H12NSi2.C4H8O.Y/c1-50(2,40-22-14-10-15-23-40)44-32-38(48(55)46(34-44)52(5,6)42-26-18-12-19-27-42)36-54(30-31-57-9)37-39-33-45(51(3,4)41-24-16-11-17-25-41)35-47(49(39)56)53(7,8)43-28-20-13-21-29-43;1-6(2)5-7(3)4;1-2-4-5-3-1;/h10-29,32-35,55-56H,30-31,36-37H2,1-9H3;1-4H3;1-4H2;/q;-1;;. The Labute approximate surface area is 451 Å². The van der Waals surface area contributed by atoms with Gasteiger partial charge in [0.1, 0.15) is 11.5 Å². The van der Waals surface area contributed by atoms with Gasteiger partial charge in [-0.05, 0) is 58.4 Å². The van der Waals surface area contributed by atoms with Gasteiger partial charge in [-0.25, -0.2) is 0 Å². The number of hydrogen-bond acceptors (Lipinski definition) is 5. The van der Waals surface area contributed by atoms with Crippen molar-refractivity contribution in [2.45, 2.75) is 129 Å². The van der Waals surface area contributed by atoms with Gasteiger partial charge in [0.15, 0.2) is 0 Å². The van der Waals surface area contributed by atoms with Gasteiger partial charge < -0.3 is 24.3 Å². The molecule has 9 heteroatoms. The number of phenolic OH excluding ortho intramolecular Hbond substituents is 2. The number of methoxy groups -OCH3 is 1. The molecule has 1 saturated heterocycles. The molecule has 70 heavy (non-hydrogen) atoms. The molecule has 371 valence electrons. The Kier molecular flexibility index (Phi) is 22.6. The molecular weight excluding hydrogens is 970 g/mol. The summed E-state index contributed by atoms with van der Waals surface area (Å²) in [4.78, 5) is 2.30. The number of ether oxygens (including phenoxy) is 2. The zero-order chi connectivity index (χ0) is 50.4. The molecule has 6 aromatic rings. The van der Waals surface area contributed by atoms with E-state index in [-0.39, 0.29) is 61.5 Å². The van der Waals surface area contributed by atoms with Gasteiger partial charge in [0.05, 0.1) is 6.61 Å². The summed E-state index contributed by atoms with van der Waals surface area (Å²) in [5.41, 5.74) is 8.78. The maximum Gasteiger partial charge on any atom is 0.124 e. The van der Waals surface area contributed by atoms with Gasteiger partial charge in [0.2, 0.25) is 0 Å². The Morgan fingerprint density at radius 1 is 0.500 bits per heavy atom. The molecule has 3 radical (unpaired) electrons. The van der Waals surface area contributed by atoms with E-state index in [2.05, 4.69) is 225 Å². The normalized spacial score (nSPS) is 13.1. The average Bonchev–Trinajstić information content (AvgIpc) is 3.93. The van der Waals surface area contributed by atoms with Crippen molar-refractivity contribution in [1.82, 2.24) is 4.90 Å². The van der Waals surface area contributed by atoms with Crippen molar-refractivity contribution in [3.63, 3.8) is 0 Å². The Morgan fingerprint density at radius 3 is 1.07 bits per heavy atom. The molecule has 0 atom stereocenters. The third kappa shape index (κ3) is 15.4. The first-order valence-electron chi connectivity index (χ1n) is 24.8. The van der Waals surface area contributed by atoms with Crippen molar-refractivity contribution in [2.75, 3.05) is 33.5 Å². The summed E-state index contributed by atoms with van der Waals surface area (Å²) in [6, 6.07) is 50.8. The van der Waals surface area contributed by atoms with E-state index in [0.717, 1.165) is 57.7 Å². The number of phenols is 2. The minimum atomic E-state index is -0.478. The minimum Gasteiger partial charge on any atom is -0.673 e. The van der Waals surface area contributed by atoms with Gasteiger partial charge in [-0.15, -0.1) is 0 Å². The second-order valence-corrected chi connectivity index (χ2v) is 25.7. The zero-order valence-corrected chi connectivity index (χ0v) is 49.5. The maximum atomic E-state index is 12.4. The van der Waals surface area contributed by atoms with Gasteiger partial charge in [0, 0.05) is 117 Å². The summed E-state index contributed by atoms with van der Waals surface area (Å²) in [6.45, 7) is 30.7. The Morgan fingerprint density at radius 2 is 0.814 bits per heavy atom. The monoisotopic (exact) mass is 1050 g/mol. The third-order valence-electron chi connectivity index (χ3n) is 13.8. The fraction of sp³-hybridized carbons (Fsp3) is 0.410. The summed E-state index contributed by atoms with van der Waals surface area (Å²) >= 11 is 0. The van der Waals surface area contributed by atoms with Crippen molar-refractivity contribution in [2.24, 2.45) is 0 Å². The van der Waals surface area contributed by atoms with E-state index in [0.29, 0.717) is 37.7 Å². The van der Waals surface area contributed by atoms with Crippen molar-refractivity contribution in [1.29, 1.82) is 0 Å². The average molecular weight is 1050 g/mol. The van der Waals surface area contributed by atoms with Gasteiger partial charge in [-0.1, -0.05) is 233 Å². The van der Waals surface area contributed by atoms with E-state index in [4.69, 9.17) is 9.47 Å². The van der Waals surface area contributed by atoms with Crippen LogP contribution in [-0.2, 0) is 76.9 Å². The summed E-state index contributed by atoms with van der Waals surface area (Å²) in [5.74, 6) is 0.598. The SMILES string of the molecule is C1CCOC1.COCCN(Cc1cc(C(C)(C)c2ccccc2)cc(C(C)(C)c2ccccc2)c1O)Cc1cc(C(C)(C)c2ccccc2)cc(C(C)(C)c2ccccc2)c1O.C[Si](C)[N-][Si](C)C.[Y]. The molecule has 0 bridgehead atoms. The van der Waals surface area contributed by atoms with E-state index < -0.39 is 10.8 Å². The van der Waals surface area contributed by atoms with E-state index in [1.165, 1.54) is 24.0 Å². The quantitative estimate of drug-likeness (QED) is 0.0890. The topological polar surface area (TPSA) is 76.3 Å². The van der Waals surface area contributed by atoms with E-state index >= 15 is 0 Å². The van der Waals surface area contributed by atoms with Crippen molar-refractivity contribution in [3.05, 3.63) is 206 Å². The van der Waals surface area contributed by atoms with E-state index in [1.807, 2.05) is 12.1 Å². The molecule has 0 amide bonds. The first-order chi connectivity index (χ1) is 32.7. The predicted octanol–water partition coefficient (Wildman–Crippen LogP) is 14.7. The predicted molar refractivity (Wildman–Crippen MR) is 295 cm³/mol. The number of aromatic hydroxyl groups is 2. The zero-order valence-electron chi connectivity index (χ0n) is 44.7. The third-order valence-corrected chi connectivity index (χ3v) is 17.4. The van der Waals surface area contributed by atoms with Crippen LogP contribution in [0.25, 0.3) is 4.65 Å². The van der Waals surface area contributed by atoms with E-state index in [9.17, 15) is 10.2 Å². The molecule has 0 spiro atoms. The van der Waals surface area contributed by atoms with Crippen molar-refractivity contribution < 1.29 is 52.4 Å². The summed E-state index contributed by atoms with van der Waals surface area (Å²) in [6.07, 6.45) is 2.56. The van der Waals surface area contributed by atoms with Crippen molar-refractivity contribution >= 4 is 17.9 Å². The van der Waals surface area contributed by atoms with Crippen LogP contribution in [0.15, 0.2) is 146 Å². The van der Waals surface area contributed by atoms with Gasteiger partial charge in [-0.2, -0.15) is 0 Å². The Balaban J connectivity index is 0.000000721. The maximum absolute atomic E-state index is 12.4. The molecule has 1 aliphatic rings. The molecule has 0 aliphatic carbocycles. The number of hydrogen-bond donors (Lipinski definition) is 2. The van der Waals surface area contributed by atoms with Gasteiger partial charge in [0.25, 0.3) is 0 Å². The smallest absolute Gasteiger partial charge is 0.124 e. The second kappa shape index (κ2) is 26.8. The molecule has 0 saturated carbocycles. The van der Waals surface area contributed by atoms with Gasteiger partial charge >= 0.3 is 0 Å². The van der Waals surface area contributed by atoms with Crippen LogP contribution in [0.1, 0.15) is 124 Å². The molecular formula is C61H81N2O4Si2Y-. The number of nitrogens with zero attached hydrogens (tertiary/aromatic N) is 2. The first-order valence-corrected chi connectivity index (χ1v) is 29.7. The molecule has 2 N–H and O–H groups in total. The largest absolute Gasteiger partial charge is 0.673 e. The van der Waals surface area contributed by atoms with Crippen LogP contribution >= 0.6 is 0 Å². The number of rotatable bonds is 17. The summed E-state index contributed by atoms with van der Waals surface area (Å²) < 4.78 is 15.1. The molecule has 7 rings (SSSR count). The summed E-state index contributed by atoms with van der Waals surface area (Å²) in [5, 5.41) is 24.8. The molecule has 0 aromatic heterocycles. The molecule has 0 unspecified atom stereocenters. The molecule has 6 aromatic carbocycles. The fourth-order valence-electron chi connectivity index (χ4n) is 9.24.